The van der Waals surface area contributed by atoms with E-state index < -0.39 is 18.0 Å². The molecule has 1 aromatic heterocycles. The smallest absolute Gasteiger partial charge is 0.338 e. The van der Waals surface area contributed by atoms with Gasteiger partial charge in [0, 0.05) is 17.6 Å². The number of nitriles is 1. The van der Waals surface area contributed by atoms with Crippen LogP contribution >= 0.6 is 0 Å². The van der Waals surface area contributed by atoms with Crippen LogP contribution in [-0.4, -0.2) is 27.8 Å². The maximum absolute atomic E-state index is 12.3. The summed E-state index contributed by atoms with van der Waals surface area (Å²) in [5.74, 6) is -1.08. The summed E-state index contributed by atoms with van der Waals surface area (Å²) in [7, 11) is 0. The second-order valence-corrected chi connectivity index (χ2v) is 6.16. The molecule has 7 heteroatoms. The Balaban J connectivity index is 1.62. The van der Waals surface area contributed by atoms with Gasteiger partial charge in [-0.25, -0.2) is 9.48 Å². The Morgan fingerprint density at radius 1 is 1.18 bits per heavy atom. The van der Waals surface area contributed by atoms with Gasteiger partial charge in [0.05, 0.1) is 22.9 Å². The largest absolute Gasteiger partial charge is 0.449 e. The number of hydrogen-bond acceptors (Lipinski definition) is 5. The zero-order valence-corrected chi connectivity index (χ0v) is 15.4. The number of anilines is 1. The summed E-state index contributed by atoms with van der Waals surface area (Å²) in [4.78, 5) is 24.6. The van der Waals surface area contributed by atoms with Gasteiger partial charge in [-0.3, -0.25) is 4.79 Å². The molecule has 0 aliphatic rings. The minimum atomic E-state index is -0.994. The molecule has 7 nitrogen and oxygen atoms in total. The van der Waals surface area contributed by atoms with Gasteiger partial charge in [0.25, 0.3) is 5.91 Å². The van der Waals surface area contributed by atoms with E-state index in [9.17, 15) is 9.59 Å². The summed E-state index contributed by atoms with van der Waals surface area (Å²) in [6, 6.07) is 17.1. The Morgan fingerprint density at radius 3 is 2.57 bits per heavy atom. The standard InChI is InChI=1S/C21H18N4O3/c1-14-10-11-23-25(14)19-8-6-17(7-9-19)21(27)28-15(2)20(26)24-18-5-3-4-16(12-18)13-22/h3-12,15H,1-2H3,(H,24,26)/t15-/m1/s1. The van der Waals surface area contributed by atoms with E-state index in [0.29, 0.717) is 16.8 Å². The van der Waals surface area contributed by atoms with Crippen molar-refractivity contribution in [1.82, 2.24) is 9.78 Å². The third-order valence-electron chi connectivity index (χ3n) is 4.09. The number of amides is 1. The number of nitrogens with zero attached hydrogens (tertiary/aromatic N) is 3. The monoisotopic (exact) mass is 374 g/mol. The van der Waals surface area contributed by atoms with Crippen molar-refractivity contribution >= 4 is 17.6 Å². The molecule has 1 atom stereocenters. The summed E-state index contributed by atoms with van der Waals surface area (Å²) >= 11 is 0. The van der Waals surface area contributed by atoms with Gasteiger partial charge in [0.1, 0.15) is 0 Å². The SMILES string of the molecule is Cc1ccnn1-c1ccc(C(=O)O[C@H](C)C(=O)Nc2cccc(C#N)c2)cc1. The highest BCUT2D eigenvalue weighted by molar-refractivity contribution is 5.97. The zero-order chi connectivity index (χ0) is 20.1. The number of benzene rings is 2. The molecule has 1 heterocycles. The van der Waals surface area contributed by atoms with E-state index in [1.807, 2.05) is 19.1 Å². The minimum absolute atomic E-state index is 0.333. The van der Waals surface area contributed by atoms with Crippen LogP contribution in [0.3, 0.4) is 0 Å². The summed E-state index contributed by atoms with van der Waals surface area (Å²) in [6.07, 6.45) is 0.704. The molecule has 0 saturated heterocycles. The van der Waals surface area contributed by atoms with E-state index in [4.69, 9.17) is 10.00 Å². The lowest BCUT2D eigenvalue weighted by molar-refractivity contribution is -0.123. The maximum atomic E-state index is 12.3. The van der Waals surface area contributed by atoms with Gasteiger partial charge in [0.2, 0.25) is 0 Å². The Kier molecular flexibility index (Phi) is 5.51. The highest BCUT2D eigenvalue weighted by atomic mass is 16.5. The van der Waals surface area contributed by atoms with Gasteiger partial charge >= 0.3 is 5.97 Å². The van der Waals surface area contributed by atoms with Crippen LogP contribution in [0.1, 0.15) is 28.5 Å². The third kappa shape index (κ3) is 4.24. The Labute approximate surface area is 162 Å². The van der Waals surface area contributed by atoms with Gasteiger partial charge in [0.15, 0.2) is 6.10 Å². The number of carbonyl (C=O) groups excluding carboxylic acids is 2. The number of carbonyl (C=O) groups is 2. The molecular weight excluding hydrogens is 356 g/mol. The lowest BCUT2D eigenvalue weighted by Gasteiger charge is -2.14. The van der Waals surface area contributed by atoms with Crippen molar-refractivity contribution in [2.24, 2.45) is 0 Å². The zero-order valence-electron chi connectivity index (χ0n) is 15.4. The third-order valence-corrected chi connectivity index (χ3v) is 4.09. The van der Waals surface area contributed by atoms with Gasteiger partial charge in [-0.05, 0) is 62.4 Å². The highest BCUT2D eigenvalue weighted by Gasteiger charge is 2.19. The number of rotatable bonds is 5. The molecule has 1 amide bonds. The second-order valence-electron chi connectivity index (χ2n) is 6.16. The fourth-order valence-electron chi connectivity index (χ4n) is 2.57. The number of aromatic nitrogens is 2. The molecule has 3 aromatic rings. The van der Waals surface area contributed by atoms with Crippen molar-refractivity contribution in [3.05, 3.63) is 77.6 Å². The molecule has 28 heavy (non-hydrogen) atoms. The van der Waals surface area contributed by atoms with Crippen LogP contribution in [0.25, 0.3) is 5.69 Å². The first-order chi connectivity index (χ1) is 13.5. The van der Waals surface area contributed by atoms with Crippen LogP contribution in [0.4, 0.5) is 5.69 Å². The van der Waals surface area contributed by atoms with E-state index >= 15 is 0 Å². The van der Waals surface area contributed by atoms with E-state index in [0.717, 1.165) is 11.4 Å². The van der Waals surface area contributed by atoms with Gasteiger partial charge in [-0.1, -0.05) is 6.07 Å². The van der Waals surface area contributed by atoms with Crippen LogP contribution in [0, 0.1) is 18.3 Å². The average Bonchev–Trinajstić information content (AvgIpc) is 3.14. The Hall–Kier alpha value is -3.92. The van der Waals surface area contributed by atoms with Crippen LogP contribution in [-0.2, 0) is 9.53 Å². The number of ether oxygens (including phenoxy) is 1. The predicted octanol–water partition coefficient (Wildman–Crippen LogP) is 3.24. The average molecular weight is 374 g/mol. The molecule has 140 valence electrons. The maximum Gasteiger partial charge on any atom is 0.338 e. The fraction of sp³-hybridized carbons (Fsp3) is 0.143. The topological polar surface area (TPSA) is 97.0 Å². The normalized spacial score (nSPS) is 11.3. The van der Waals surface area contributed by atoms with E-state index in [2.05, 4.69) is 10.4 Å². The number of hydrogen-bond donors (Lipinski definition) is 1. The number of esters is 1. The van der Waals surface area contributed by atoms with E-state index in [1.54, 1.807) is 59.4 Å². The molecule has 0 spiro atoms. The summed E-state index contributed by atoms with van der Waals surface area (Å²) in [5.41, 5.74) is 3.02. The molecule has 0 radical (unpaired) electrons. The first-order valence-electron chi connectivity index (χ1n) is 8.61. The lowest BCUT2D eigenvalue weighted by atomic mass is 10.2. The van der Waals surface area contributed by atoms with Crippen LogP contribution < -0.4 is 5.32 Å². The second kappa shape index (κ2) is 8.18. The van der Waals surface area contributed by atoms with Crippen molar-refractivity contribution < 1.29 is 14.3 Å². The fourth-order valence-corrected chi connectivity index (χ4v) is 2.57. The lowest BCUT2D eigenvalue weighted by Crippen LogP contribution is -2.30. The molecule has 1 N–H and O–H groups in total. The minimum Gasteiger partial charge on any atom is -0.449 e. The predicted molar refractivity (Wildman–Crippen MR) is 103 cm³/mol. The van der Waals surface area contributed by atoms with Gasteiger partial charge < -0.3 is 10.1 Å². The summed E-state index contributed by atoms with van der Waals surface area (Å²) < 4.78 is 6.99. The molecule has 0 saturated carbocycles. The summed E-state index contributed by atoms with van der Waals surface area (Å²) in [6.45, 7) is 3.42. The quantitative estimate of drug-likeness (QED) is 0.692. The molecule has 2 aromatic carbocycles. The van der Waals surface area contributed by atoms with Crippen LogP contribution in [0.15, 0.2) is 60.8 Å². The van der Waals surface area contributed by atoms with E-state index in [1.165, 1.54) is 6.92 Å². The van der Waals surface area contributed by atoms with Crippen LogP contribution in [0.2, 0.25) is 0 Å². The van der Waals surface area contributed by atoms with Crippen molar-refractivity contribution in [3.8, 4) is 11.8 Å². The highest BCUT2D eigenvalue weighted by Crippen LogP contribution is 2.14. The summed E-state index contributed by atoms with van der Waals surface area (Å²) in [5, 5.41) is 15.7. The molecule has 3 rings (SSSR count). The van der Waals surface area contributed by atoms with Gasteiger partial charge in [-0.2, -0.15) is 10.4 Å². The van der Waals surface area contributed by atoms with Crippen molar-refractivity contribution in [1.29, 1.82) is 5.26 Å². The van der Waals surface area contributed by atoms with Gasteiger partial charge in [-0.15, -0.1) is 0 Å². The molecular formula is C21H18N4O3. The Bertz CT molecular complexity index is 1050. The molecule has 0 unspecified atom stereocenters. The van der Waals surface area contributed by atoms with Crippen molar-refractivity contribution in [2.45, 2.75) is 20.0 Å². The first-order valence-corrected chi connectivity index (χ1v) is 8.61. The van der Waals surface area contributed by atoms with Crippen LogP contribution in [0.5, 0.6) is 0 Å². The molecule has 0 aliphatic heterocycles. The first kappa shape index (κ1) is 18.9. The Morgan fingerprint density at radius 2 is 1.93 bits per heavy atom. The molecule has 0 aliphatic carbocycles. The van der Waals surface area contributed by atoms with Crippen molar-refractivity contribution in [2.75, 3.05) is 5.32 Å². The number of nitrogens with one attached hydrogen (secondary N) is 1. The van der Waals surface area contributed by atoms with E-state index in [-0.39, 0.29) is 0 Å². The number of aryl methyl sites for hydroxylation is 1. The van der Waals surface area contributed by atoms with Crippen molar-refractivity contribution in [3.63, 3.8) is 0 Å². The molecule has 0 bridgehead atoms. The molecule has 0 fully saturated rings.